The number of phenolic OH excluding ortho intramolecular Hbond substituents is 1. The molecular formula is C58H65F2N13O13. The summed E-state index contributed by atoms with van der Waals surface area (Å²) in [6.45, 7) is 0.338. The van der Waals surface area contributed by atoms with Crippen LogP contribution in [0, 0.1) is 11.6 Å². The third-order valence-corrected chi connectivity index (χ3v) is 14.7. The fourth-order valence-electron chi connectivity index (χ4n) is 10.4. The number of hydrogen-bond donors (Lipinski definition) is 13. The minimum atomic E-state index is -2.01. The standard InChI is InChI=1S/C58H65F2N13O13/c1-30(74)67-43-6-4-2-3-5-15-86-38-22-49(52(61)79)73(28-38)58(85)48(16-31-7-11-37(75)12-8-31)72-56(83)46(21-36-26-62-29-66-36)70-57(84)47(23-51(77)78)71-55(82)45(18-33-25-64-42-14-10-35(60)20-40(33)42)69-54(81)44(68-50(76)27-65-53(43)80)17-32-24-63-41-13-9-34(59)19-39(32)41/h3,5,7-14,19-20,24-26,29,38,43-49,63-64,75H,2,4,6,15-18,21-23,27-28H2,1H3,(H2,61,79)(H,62,66)(H,65,80)(H,67,74)(H,68,76)(H,69,81)(H,70,84)(H,71,82)(H,72,83)(H,77,78)/b5-3-/t38-,43+,44-,45-,46-,47-,48-,49-/m0/s1. The second-order valence-corrected chi connectivity index (χ2v) is 21.0. The number of aliphatic carboxylic acids is 1. The first-order valence-corrected chi connectivity index (χ1v) is 27.6. The largest absolute Gasteiger partial charge is 0.508 e. The second-order valence-electron chi connectivity index (χ2n) is 21.0. The van der Waals surface area contributed by atoms with E-state index in [4.69, 9.17) is 10.5 Å². The van der Waals surface area contributed by atoms with Crippen LogP contribution in [0.4, 0.5) is 8.78 Å². The summed E-state index contributed by atoms with van der Waals surface area (Å²) in [6, 6.07) is 2.47. The highest BCUT2D eigenvalue weighted by atomic mass is 19.1. The Morgan fingerprint density at radius 2 is 1.30 bits per heavy atom. The van der Waals surface area contributed by atoms with Gasteiger partial charge >= 0.3 is 5.97 Å². The van der Waals surface area contributed by atoms with Gasteiger partial charge in [0.2, 0.25) is 53.2 Å². The van der Waals surface area contributed by atoms with Crippen molar-refractivity contribution in [3.8, 4) is 5.75 Å². The minimum Gasteiger partial charge on any atom is -0.508 e. The van der Waals surface area contributed by atoms with Crippen molar-refractivity contribution in [2.45, 2.75) is 113 Å². The average Bonchev–Trinajstić information content (AvgIpc) is 4.37. The van der Waals surface area contributed by atoms with E-state index in [2.05, 4.69) is 57.2 Å². The molecule has 1 saturated heterocycles. The molecule has 0 aliphatic carbocycles. The number of hydrogen-bond acceptors (Lipinski definition) is 13. The molecule has 0 unspecified atom stereocenters. The number of fused-ring (bicyclic) bond motifs is 4. The number of amides is 9. The number of imidazole rings is 1. The van der Waals surface area contributed by atoms with Crippen LogP contribution in [-0.2, 0) is 78.4 Å². The zero-order valence-electron chi connectivity index (χ0n) is 46.5. The number of primary amides is 1. The van der Waals surface area contributed by atoms with Gasteiger partial charge in [0.15, 0.2) is 0 Å². The van der Waals surface area contributed by atoms with Gasteiger partial charge < -0.3 is 77.8 Å². The number of phenols is 1. The molecule has 1 fully saturated rings. The fourth-order valence-corrected chi connectivity index (χ4v) is 10.4. The van der Waals surface area contributed by atoms with E-state index in [0.29, 0.717) is 40.4 Å². The number of nitrogens with one attached hydrogen (secondary N) is 10. The lowest BCUT2D eigenvalue weighted by atomic mass is 10.0. The first-order valence-electron chi connectivity index (χ1n) is 27.6. The minimum absolute atomic E-state index is 0.0110. The van der Waals surface area contributed by atoms with Crippen LogP contribution in [0.2, 0.25) is 0 Å². The number of aromatic amines is 3. The molecule has 0 saturated carbocycles. The Morgan fingerprint density at radius 1 is 0.721 bits per heavy atom. The van der Waals surface area contributed by atoms with Gasteiger partial charge in [-0.05, 0) is 84.5 Å². The van der Waals surface area contributed by atoms with Crippen molar-refractivity contribution in [2.24, 2.45) is 5.73 Å². The monoisotopic (exact) mass is 1190 g/mol. The van der Waals surface area contributed by atoms with Crippen LogP contribution in [-0.4, -0.2) is 162 Å². The Hall–Kier alpha value is -9.99. The molecule has 454 valence electrons. The highest BCUT2D eigenvalue weighted by Gasteiger charge is 2.43. The lowest BCUT2D eigenvalue weighted by Gasteiger charge is -2.29. The SMILES string of the molecule is CC(=O)N[C@@H]1CCC/C=C\CO[C@H]2C[C@@H](C(N)=O)N(C2)C(=O)[C@H](Cc2ccc(O)cc2)NC(=O)[C@H](Cc2cnc[nH]2)NC(=O)[C@H](CC(=O)O)NC(=O)[C@H](Cc2c[nH]c3ccc(F)cc23)NC(=O)[C@H](Cc2c[nH]c3ccc(F)cc23)NC(=O)CNC1=O. The van der Waals surface area contributed by atoms with E-state index in [-0.39, 0.29) is 67.6 Å². The number of H-pyrrole nitrogens is 3. The third kappa shape index (κ3) is 16.6. The number of nitrogens with zero attached hydrogens (tertiary/aromatic N) is 2. The molecular weight excluding hydrogens is 1120 g/mol. The van der Waals surface area contributed by atoms with E-state index >= 15 is 0 Å². The number of carbonyl (C=O) groups excluding carboxylic acids is 9. The van der Waals surface area contributed by atoms with Crippen LogP contribution in [0.1, 0.15) is 61.4 Å². The molecule has 28 heteroatoms. The molecule has 14 N–H and O–H groups in total. The molecule has 2 aliphatic heterocycles. The molecule has 86 heavy (non-hydrogen) atoms. The summed E-state index contributed by atoms with van der Waals surface area (Å²) in [5.74, 6) is -11.3. The molecule has 9 amide bonds. The number of aromatic nitrogens is 4. The second kappa shape index (κ2) is 28.5. The number of nitrogens with two attached hydrogens (primary N) is 1. The number of aromatic hydroxyl groups is 1. The average molecular weight is 1190 g/mol. The van der Waals surface area contributed by atoms with Crippen molar-refractivity contribution in [3.05, 3.63) is 132 Å². The summed E-state index contributed by atoms with van der Waals surface area (Å²) in [5, 5.41) is 38.6. The van der Waals surface area contributed by atoms with Crippen molar-refractivity contribution >= 4 is 80.9 Å². The predicted molar refractivity (Wildman–Crippen MR) is 303 cm³/mol. The fraction of sp³-hybridized carbons (Fsp3) is 0.362. The lowest BCUT2D eigenvalue weighted by Crippen LogP contribution is -2.61. The first-order chi connectivity index (χ1) is 41.2. The highest BCUT2D eigenvalue weighted by Crippen LogP contribution is 2.25. The molecule has 8 rings (SSSR count). The smallest absolute Gasteiger partial charge is 0.305 e. The van der Waals surface area contributed by atoms with Gasteiger partial charge in [-0.15, -0.1) is 0 Å². The highest BCUT2D eigenvalue weighted by molar-refractivity contribution is 5.99. The number of carboxylic acids is 1. The summed E-state index contributed by atoms with van der Waals surface area (Å²) in [6.07, 6.45) is 6.56. The molecule has 3 aromatic heterocycles. The van der Waals surface area contributed by atoms with Gasteiger partial charge in [0, 0.05) is 91.7 Å². The Morgan fingerprint density at radius 3 is 1.88 bits per heavy atom. The van der Waals surface area contributed by atoms with Gasteiger partial charge in [0.1, 0.15) is 59.7 Å². The topological polar surface area (TPSA) is 394 Å². The maximum atomic E-state index is 14.8. The van der Waals surface area contributed by atoms with Gasteiger partial charge in [-0.3, -0.25) is 47.9 Å². The van der Waals surface area contributed by atoms with E-state index in [1.165, 1.54) is 91.3 Å². The van der Waals surface area contributed by atoms with Crippen LogP contribution in [0.3, 0.4) is 0 Å². The zero-order chi connectivity index (χ0) is 61.6. The van der Waals surface area contributed by atoms with Gasteiger partial charge in [-0.2, -0.15) is 0 Å². The van der Waals surface area contributed by atoms with E-state index in [9.17, 15) is 66.9 Å². The van der Waals surface area contributed by atoms with Crippen molar-refractivity contribution in [1.29, 1.82) is 0 Å². The number of carbonyl (C=O) groups is 10. The molecule has 0 spiro atoms. The lowest BCUT2D eigenvalue weighted by molar-refractivity contribution is -0.142. The first kappa shape index (κ1) is 62.1. The van der Waals surface area contributed by atoms with Crippen molar-refractivity contribution < 1.29 is 71.7 Å². The number of benzene rings is 3. The third-order valence-electron chi connectivity index (χ3n) is 14.7. The number of allylic oxidation sites excluding steroid dienone is 1. The van der Waals surface area contributed by atoms with Crippen LogP contribution < -0.4 is 43.0 Å². The number of carboxylic acid groups (broad SMARTS) is 1. The maximum Gasteiger partial charge on any atom is 0.305 e. The van der Waals surface area contributed by atoms with Gasteiger partial charge in [0.05, 0.1) is 32.0 Å². The van der Waals surface area contributed by atoms with E-state index in [0.717, 1.165) is 6.07 Å². The molecule has 3 aromatic carbocycles. The van der Waals surface area contributed by atoms with E-state index in [1.807, 2.05) is 0 Å². The molecule has 0 radical (unpaired) electrons. The summed E-state index contributed by atoms with van der Waals surface area (Å²) < 4.78 is 35.5. The van der Waals surface area contributed by atoms with E-state index in [1.54, 1.807) is 12.2 Å². The van der Waals surface area contributed by atoms with Crippen LogP contribution in [0.15, 0.2) is 97.7 Å². The Kier molecular flexibility index (Phi) is 20.6. The summed E-state index contributed by atoms with van der Waals surface area (Å²) >= 11 is 0. The quantitative estimate of drug-likeness (QED) is 0.0737. The molecule has 26 nitrogen and oxygen atoms in total. The van der Waals surface area contributed by atoms with Crippen molar-refractivity contribution in [3.63, 3.8) is 0 Å². The Labute approximate surface area is 489 Å². The summed E-state index contributed by atoms with van der Waals surface area (Å²) in [7, 11) is 0. The van der Waals surface area contributed by atoms with Crippen molar-refractivity contribution in [2.75, 3.05) is 19.7 Å². The van der Waals surface area contributed by atoms with Gasteiger partial charge in [-0.25, -0.2) is 13.8 Å². The predicted octanol–water partition coefficient (Wildman–Crippen LogP) is 0.358. The molecule has 5 heterocycles. The normalized spacial score (nSPS) is 23.3. The molecule has 2 bridgehead atoms. The van der Waals surface area contributed by atoms with E-state index < -0.39 is 139 Å². The molecule has 8 atom stereocenters. The summed E-state index contributed by atoms with van der Waals surface area (Å²) in [4.78, 5) is 153. The number of rotatable bonds is 12. The molecule has 6 aromatic rings. The van der Waals surface area contributed by atoms with Crippen LogP contribution >= 0.6 is 0 Å². The number of ether oxygens (including phenoxy) is 1. The summed E-state index contributed by atoms with van der Waals surface area (Å²) in [5.41, 5.74) is 8.01. The maximum absolute atomic E-state index is 14.8. The van der Waals surface area contributed by atoms with Crippen molar-refractivity contribution in [1.82, 2.24) is 62.1 Å². The zero-order valence-corrected chi connectivity index (χ0v) is 46.5. The molecule has 2 aliphatic rings. The van der Waals surface area contributed by atoms with Gasteiger partial charge in [-0.1, -0.05) is 24.3 Å². The Bertz CT molecular complexity index is 3520. The Balaban J connectivity index is 1.16. The van der Waals surface area contributed by atoms with Crippen LogP contribution in [0.5, 0.6) is 5.75 Å². The number of halogens is 2. The van der Waals surface area contributed by atoms with Gasteiger partial charge in [0.25, 0.3) is 0 Å². The van der Waals surface area contributed by atoms with Crippen LogP contribution in [0.25, 0.3) is 21.8 Å².